The second-order valence-electron chi connectivity index (χ2n) is 6.18. The van der Waals surface area contributed by atoms with Crippen molar-refractivity contribution in [1.82, 2.24) is 4.90 Å². The van der Waals surface area contributed by atoms with Crippen LogP contribution in [0.15, 0.2) is 53.0 Å². The fraction of sp³-hybridized carbons (Fsp3) is 0.316. The first-order valence-corrected chi connectivity index (χ1v) is 9.17. The Hall–Kier alpha value is -2.05. The van der Waals surface area contributed by atoms with Crippen molar-refractivity contribution in [1.29, 1.82) is 0 Å². The standard InChI is InChI=1S/C19H22BrN3O2/c1-14(19(25)21-16-8-6-15(20)7-9-16)22-10-12-23(13-11-22)17-4-2-3-5-18(17)24/h2-9,14,24H,10-13H2,1H3,(H,21,25)/t14-/m0/s1. The molecule has 1 aliphatic heterocycles. The summed E-state index contributed by atoms with van der Waals surface area (Å²) >= 11 is 3.39. The number of carbonyl (C=O) groups is 1. The number of nitrogens with one attached hydrogen (secondary N) is 1. The van der Waals surface area contributed by atoms with Crippen LogP contribution in [0.3, 0.4) is 0 Å². The van der Waals surface area contributed by atoms with Gasteiger partial charge in [0, 0.05) is 36.3 Å². The van der Waals surface area contributed by atoms with Gasteiger partial charge in [0.05, 0.1) is 11.7 Å². The molecule has 0 bridgehead atoms. The van der Waals surface area contributed by atoms with Crippen molar-refractivity contribution in [3.05, 3.63) is 53.0 Å². The van der Waals surface area contributed by atoms with Gasteiger partial charge >= 0.3 is 0 Å². The van der Waals surface area contributed by atoms with E-state index in [9.17, 15) is 9.90 Å². The van der Waals surface area contributed by atoms with Gasteiger partial charge in [0.15, 0.2) is 0 Å². The number of carbonyl (C=O) groups excluding carboxylic acids is 1. The molecule has 132 valence electrons. The van der Waals surface area contributed by atoms with E-state index in [1.165, 1.54) is 0 Å². The van der Waals surface area contributed by atoms with Gasteiger partial charge in [0.2, 0.25) is 5.91 Å². The highest BCUT2D eigenvalue weighted by Gasteiger charge is 2.26. The monoisotopic (exact) mass is 403 g/mol. The van der Waals surface area contributed by atoms with Crippen molar-refractivity contribution >= 4 is 33.2 Å². The minimum atomic E-state index is -0.199. The van der Waals surface area contributed by atoms with Crippen molar-refractivity contribution in [2.75, 3.05) is 36.4 Å². The van der Waals surface area contributed by atoms with Gasteiger partial charge in [-0.05, 0) is 43.3 Å². The van der Waals surface area contributed by atoms with Gasteiger partial charge in [0.1, 0.15) is 5.75 Å². The lowest BCUT2D eigenvalue weighted by Gasteiger charge is -2.38. The van der Waals surface area contributed by atoms with Crippen LogP contribution in [0, 0.1) is 0 Å². The lowest BCUT2D eigenvalue weighted by molar-refractivity contribution is -0.120. The van der Waals surface area contributed by atoms with Crippen LogP contribution in [0.2, 0.25) is 0 Å². The Morgan fingerprint density at radius 3 is 2.36 bits per heavy atom. The largest absolute Gasteiger partial charge is 0.506 e. The van der Waals surface area contributed by atoms with Crippen molar-refractivity contribution in [3.8, 4) is 5.75 Å². The molecular weight excluding hydrogens is 382 g/mol. The smallest absolute Gasteiger partial charge is 0.241 e. The highest BCUT2D eigenvalue weighted by Crippen LogP contribution is 2.27. The highest BCUT2D eigenvalue weighted by molar-refractivity contribution is 9.10. The van der Waals surface area contributed by atoms with Crippen LogP contribution in [-0.2, 0) is 4.79 Å². The molecule has 0 spiro atoms. The summed E-state index contributed by atoms with van der Waals surface area (Å²) in [6.07, 6.45) is 0. The molecule has 0 radical (unpaired) electrons. The number of hydrogen-bond acceptors (Lipinski definition) is 4. The topological polar surface area (TPSA) is 55.8 Å². The summed E-state index contributed by atoms with van der Waals surface area (Å²) in [5.74, 6) is 0.301. The van der Waals surface area contributed by atoms with Crippen LogP contribution in [0.25, 0.3) is 0 Å². The Kier molecular flexibility index (Phi) is 5.60. The first-order chi connectivity index (χ1) is 12.0. The van der Waals surface area contributed by atoms with E-state index in [-0.39, 0.29) is 11.9 Å². The number of piperazine rings is 1. The van der Waals surface area contributed by atoms with Gasteiger partial charge in [-0.25, -0.2) is 0 Å². The summed E-state index contributed by atoms with van der Waals surface area (Å²) in [5.41, 5.74) is 1.65. The Labute approximate surface area is 156 Å². The summed E-state index contributed by atoms with van der Waals surface area (Å²) in [4.78, 5) is 16.8. The third-order valence-electron chi connectivity index (χ3n) is 4.58. The molecule has 2 N–H and O–H groups in total. The van der Waals surface area contributed by atoms with Gasteiger partial charge in [-0.3, -0.25) is 9.69 Å². The Bertz CT molecular complexity index is 728. The molecule has 1 aliphatic rings. The molecule has 6 heteroatoms. The van der Waals surface area contributed by atoms with Gasteiger partial charge in [-0.15, -0.1) is 0 Å². The minimum Gasteiger partial charge on any atom is -0.506 e. The number of hydrogen-bond donors (Lipinski definition) is 2. The van der Waals surface area contributed by atoms with E-state index >= 15 is 0 Å². The summed E-state index contributed by atoms with van der Waals surface area (Å²) in [6, 6.07) is 14.8. The van der Waals surface area contributed by atoms with E-state index in [1.807, 2.05) is 49.4 Å². The molecule has 25 heavy (non-hydrogen) atoms. The van der Waals surface area contributed by atoms with Gasteiger partial charge in [-0.2, -0.15) is 0 Å². The quantitative estimate of drug-likeness (QED) is 0.821. The molecule has 0 aliphatic carbocycles. The van der Waals surface area contributed by atoms with E-state index in [1.54, 1.807) is 6.07 Å². The number of halogens is 1. The normalized spacial score (nSPS) is 16.5. The minimum absolute atomic E-state index is 0.00155. The molecule has 2 aromatic rings. The summed E-state index contributed by atoms with van der Waals surface area (Å²) in [7, 11) is 0. The maximum Gasteiger partial charge on any atom is 0.241 e. The number of aromatic hydroxyl groups is 1. The Morgan fingerprint density at radius 2 is 1.72 bits per heavy atom. The third kappa shape index (κ3) is 4.32. The average molecular weight is 404 g/mol. The molecule has 0 aromatic heterocycles. The van der Waals surface area contributed by atoms with Crippen LogP contribution in [0.4, 0.5) is 11.4 Å². The second kappa shape index (κ2) is 7.89. The summed E-state index contributed by atoms with van der Waals surface area (Å²) < 4.78 is 0.985. The predicted molar refractivity (Wildman–Crippen MR) is 104 cm³/mol. The van der Waals surface area contributed by atoms with Crippen LogP contribution in [-0.4, -0.2) is 48.1 Å². The van der Waals surface area contributed by atoms with Crippen LogP contribution in [0.1, 0.15) is 6.92 Å². The maximum absolute atomic E-state index is 12.5. The maximum atomic E-state index is 12.5. The number of phenolic OH excluding ortho intramolecular Hbond substituents is 1. The fourth-order valence-corrected chi connectivity index (χ4v) is 3.29. The van der Waals surface area contributed by atoms with Crippen LogP contribution >= 0.6 is 15.9 Å². The van der Waals surface area contributed by atoms with Crippen molar-refractivity contribution < 1.29 is 9.90 Å². The molecule has 5 nitrogen and oxygen atoms in total. The van der Waals surface area contributed by atoms with E-state index in [2.05, 4.69) is 31.0 Å². The molecule has 3 rings (SSSR count). The first-order valence-electron chi connectivity index (χ1n) is 8.38. The number of rotatable bonds is 4. The number of para-hydroxylation sites is 2. The van der Waals surface area contributed by atoms with Crippen LogP contribution < -0.4 is 10.2 Å². The zero-order chi connectivity index (χ0) is 17.8. The summed E-state index contributed by atoms with van der Waals surface area (Å²) in [5, 5.41) is 13.0. The predicted octanol–water partition coefficient (Wildman–Crippen LogP) is 3.30. The lowest BCUT2D eigenvalue weighted by Crippen LogP contribution is -2.52. The van der Waals surface area contributed by atoms with Gasteiger partial charge < -0.3 is 15.3 Å². The molecular formula is C19H22BrN3O2. The molecule has 1 heterocycles. The zero-order valence-electron chi connectivity index (χ0n) is 14.2. The Balaban J connectivity index is 1.56. The summed E-state index contributed by atoms with van der Waals surface area (Å²) in [6.45, 7) is 5.07. The van der Waals surface area contributed by atoms with Gasteiger partial charge in [-0.1, -0.05) is 28.1 Å². The molecule has 1 saturated heterocycles. The molecule has 1 amide bonds. The van der Waals surface area contributed by atoms with E-state index in [4.69, 9.17) is 0 Å². The highest BCUT2D eigenvalue weighted by atomic mass is 79.9. The first kappa shape index (κ1) is 17.8. The molecule has 1 atom stereocenters. The average Bonchev–Trinajstić information content (AvgIpc) is 2.63. The number of benzene rings is 2. The molecule has 1 fully saturated rings. The van der Waals surface area contributed by atoms with Crippen molar-refractivity contribution in [3.63, 3.8) is 0 Å². The van der Waals surface area contributed by atoms with Crippen molar-refractivity contribution in [2.24, 2.45) is 0 Å². The zero-order valence-corrected chi connectivity index (χ0v) is 15.7. The number of nitrogens with zero attached hydrogens (tertiary/aromatic N) is 2. The molecule has 0 saturated carbocycles. The molecule has 0 unspecified atom stereocenters. The van der Waals surface area contributed by atoms with E-state index in [0.29, 0.717) is 5.75 Å². The second-order valence-corrected chi connectivity index (χ2v) is 7.10. The van der Waals surface area contributed by atoms with Crippen molar-refractivity contribution in [2.45, 2.75) is 13.0 Å². The fourth-order valence-electron chi connectivity index (χ4n) is 3.03. The Morgan fingerprint density at radius 1 is 1.08 bits per heavy atom. The van der Waals surface area contributed by atoms with Crippen LogP contribution in [0.5, 0.6) is 5.75 Å². The number of anilines is 2. The van der Waals surface area contributed by atoms with Gasteiger partial charge in [0.25, 0.3) is 0 Å². The number of amides is 1. The number of phenols is 1. The van der Waals surface area contributed by atoms with E-state index in [0.717, 1.165) is 42.0 Å². The van der Waals surface area contributed by atoms with E-state index < -0.39 is 0 Å². The molecule has 2 aromatic carbocycles. The lowest BCUT2D eigenvalue weighted by atomic mass is 10.2. The SMILES string of the molecule is C[C@@H](C(=O)Nc1ccc(Br)cc1)N1CCN(c2ccccc2O)CC1. The third-order valence-corrected chi connectivity index (χ3v) is 5.10.